The van der Waals surface area contributed by atoms with Crippen molar-refractivity contribution in [2.24, 2.45) is 5.92 Å². The third-order valence-corrected chi connectivity index (χ3v) is 5.62. The summed E-state index contributed by atoms with van der Waals surface area (Å²) in [5.74, 6) is 2.01. The molecule has 0 saturated heterocycles. The van der Waals surface area contributed by atoms with Crippen LogP contribution in [-0.2, 0) is 0 Å². The fourth-order valence-electron chi connectivity index (χ4n) is 3.62. The molecule has 118 valence electrons. The molecule has 2 aromatic rings. The van der Waals surface area contributed by atoms with Crippen molar-refractivity contribution < 1.29 is 4.74 Å². The summed E-state index contributed by atoms with van der Waals surface area (Å²) in [6.45, 7) is 6.47. The molecule has 1 aromatic carbocycles. The van der Waals surface area contributed by atoms with Gasteiger partial charge in [-0.15, -0.1) is 11.3 Å². The first-order valence-corrected chi connectivity index (χ1v) is 8.98. The highest BCUT2D eigenvalue weighted by atomic mass is 32.1. The number of fused-ring (bicyclic) bond motifs is 3. The second-order valence-corrected chi connectivity index (χ2v) is 7.47. The minimum Gasteiger partial charge on any atom is -0.489 e. The minimum atomic E-state index is 0.407. The summed E-state index contributed by atoms with van der Waals surface area (Å²) >= 11 is 1.84. The van der Waals surface area contributed by atoms with Crippen molar-refractivity contribution in [3.05, 3.63) is 70.5 Å². The zero-order valence-corrected chi connectivity index (χ0v) is 14.1. The quantitative estimate of drug-likeness (QED) is 0.747. The lowest BCUT2D eigenvalue weighted by molar-refractivity contribution is 0.351. The van der Waals surface area contributed by atoms with E-state index in [9.17, 15) is 0 Å². The van der Waals surface area contributed by atoms with Crippen molar-refractivity contribution in [3.8, 4) is 5.75 Å². The monoisotopic (exact) mass is 323 g/mol. The fourth-order valence-corrected chi connectivity index (χ4v) is 4.47. The highest BCUT2D eigenvalue weighted by Gasteiger charge is 2.38. The molecule has 2 aliphatic rings. The van der Waals surface area contributed by atoms with Crippen molar-refractivity contribution in [1.82, 2.24) is 0 Å². The van der Waals surface area contributed by atoms with Crippen molar-refractivity contribution in [2.75, 3.05) is 11.9 Å². The molecule has 1 aliphatic heterocycles. The standard InChI is InChI=1S/C20H21NOS/c1-13(2)12-22-14-8-9-18-17(11-14)15-5-3-6-16(15)20(21-18)19-7-4-10-23-19/h3-5,7-11,15-16,20-21H,1,6,12H2,2H3. The molecule has 0 fully saturated rings. The molecule has 1 aromatic heterocycles. The van der Waals surface area contributed by atoms with Crippen LogP contribution in [0.25, 0.3) is 0 Å². The summed E-state index contributed by atoms with van der Waals surface area (Å²) in [6, 6.07) is 11.2. The van der Waals surface area contributed by atoms with Crippen LogP contribution in [0.5, 0.6) is 5.75 Å². The zero-order chi connectivity index (χ0) is 15.8. The van der Waals surface area contributed by atoms with E-state index in [1.165, 1.54) is 16.1 Å². The summed E-state index contributed by atoms with van der Waals surface area (Å²) in [7, 11) is 0. The molecule has 3 unspecified atom stereocenters. The number of ether oxygens (including phenoxy) is 1. The fraction of sp³-hybridized carbons (Fsp3) is 0.300. The van der Waals surface area contributed by atoms with E-state index in [1.807, 2.05) is 18.3 Å². The van der Waals surface area contributed by atoms with E-state index in [1.54, 1.807) is 0 Å². The second-order valence-electron chi connectivity index (χ2n) is 6.49. The molecule has 0 spiro atoms. The number of hydrogen-bond acceptors (Lipinski definition) is 3. The molecular formula is C20H21NOS. The number of anilines is 1. The van der Waals surface area contributed by atoms with Gasteiger partial charge in [0.25, 0.3) is 0 Å². The first-order chi connectivity index (χ1) is 11.2. The van der Waals surface area contributed by atoms with Gasteiger partial charge in [-0.25, -0.2) is 0 Å². The molecule has 2 nitrogen and oxygen atoms in total. The van der Waals surface area contributed by atoms with E-state index in [2.05, 4.69) is 59.8 Å². The maximum atomic E-state index is 5.83. The third kappa shape index (κ3) is 2.70. The maximum absolute atomic E-state index is 5.83. The average molecular weight is 323 g/mol. The van der Waals surface area contributed by atoms with Gasteiger partial charge in [-0.1, -0.05) is 24.8 Å². The topological polar surface area (TPSA) is 21.3 Å². The SMILES string of the molecule is C=C(C)COc1ccc2c(c1)C1C=CCC1C(c1cccs1)N2. The molecule has 3 heteroatoms. The second kappa shape index (κ2) is 5.89. The van der Waals surface area contributed by atoms with Crippen LogP contribution in [0.15, 0.2) is 60.0 Å². The zero-order valence-electron chi connectivity index (χ0n) is 13.3. The lowest BCUT2D eigenvalue weighted by Gasteiger charge is -2.37. The average Bonchev–Trinajstić information content (AvgIpc) is 3.23. The van der Waals surface area contributed by atoms with Crippen LogP contribution in [0.3, 0.4) is 0 Å². The van der Waals surface area contributed by atoms with Gasteiger partial charge in [-0.05, 0) is 60.0 Å². The van der Waals surface area contributed by atoms with Gasteiger partial charge >= 0.3 is 0 Å². The molecule has 4 rings (SSSR count). The lowest BCUT2D eigenvalue weighted by Crippen LogP contribution is -2.28. The Bertz CT molecular complexity index is 747. The smallest absolute Gasteiger partial charge is 0.120 e. The van der Waals surface area contributed by atoms with Crippen molar-refractivity contribution in [2.45, 2.75) is 25.3 Å². The summed E-state index contributed by atoms with van der Waals surface area (Å²) < 4.78 is 5.83. The molecule has 3 atom stereocenters. The molecule has 0 saturated carbocycles. The highest BCUT2D eigenvalue weighted by molar-refractivity contribution is 7.10. The molecule has 0 radical (unpaired) electrons. The van der Waals surface area contributed by atoms with Gasteiger partial charge in [0.1, 0.15) is 12.4 Å². The minimum absolute atomic E-state index is 0.407. The van der Waals surface area contributed by atoms with Crippen molar-refractivity contribution in [1.29, 1.82) is 0 Å². The summed E-state index contributed by atoms with van der Waals surface area (Å²) in [4.78, 5) is 1.43. The van der Waals surface area contributed by atoms with Gasteiger partial charge in [0.15, 0.2) is 0 Å². The third-order valence-electron chi connectivity index (χ3n) is 4.67. The van der Waals surface area contributed by atoms with Gasteiger partial charge in [-0.2, -0.15) is 0 Å². The first kappa shape index (κ1) is 14.6. The predicted molar refractivity (Wildman–Crippen MR) is 97.4 cm³/mol. The maximum Gasteiger partial charge on any atom is 0.120 e. The Morgan fingerprint density at radius 1 is 1.39 bits per heavy atom. The summed E-state index contributed by atoms with van der Waals surface area (Å²) in [5, 5.41) is 5.93. The highest BCUT2D eigenvalue weighted by Crippen LogP contribution is 2.51. The molecule has 2 heterocycles. The van der Waals surface area contributed by atoms with Crippen LogP contribution in [0.1, 0.15) is 35.7 Å². The Kier molecular flexibility index (Phi) is 3.74. The Labute approximate surface area is 141 Å². The van der Waals surface area contributed by atoms with E-state index in [0.29, 0.717) is 24.5 Å². The summed E-state index contributed by atoms with van der Waals surface area (Å²) in [5.41, 5.74) is 3.63. The number of hydrogen-bond donors (Lipinski definition) is 1. The van der Waals surface area contributed by atoms with Crippen LogP contribution in [0, 0.1) is 5.92 Å². The van der Waals surface area contributed by atoms with Crippen LogP contribution >= 0.6 is 11.3 Å². The molecular weight excluding hydrogens is 302 g/mol. The molecule has 23 heavy (non-hydrogen) atoms. The van der Waals surface area contributed by atoms with Crippen LogP contribution in [0.2, 0.25) is 0 Å². The molecule has 0 bridgehead atoms. The van der Waals surface area contributed by atoms with Crippen LogP contribution in [0.4, 0.5) is 5.69 Å². The Balaban J connectivity index is 1.67. The largest absolute Gasteiger partial charge is 0.489 e. The molecule has 1 N–H and O–H groups in total. The van der Waals surface area contributed by atoms with Gasteiger partial charge in [0.2, 0.25) is 0 Å². The number of rotatable bonds is 4. The van der Waals surface area contributed by atoms with Crippen molar-refractivity contribution >= 4 is 17.0 Å². The van der Waals surface area contributed by atoms with E-state index >= 15 is 0 Å². The van der Waals surface area contributed by atoms with Gasteiger partial charge in [0, 0.05) is 16.5 Å². The van der Waals surface area contributed by atoms with Crippen LogP contribution < -0.4 is 10.1 Å². The molecule has 0 amide bonds. The predicted octanol–water partition coefficient (Wildman–Crippen LogP) is 5.53. The number of nitrogens with one attached hydrogen (secondary N) is 1. The normalized spacial score (nSPS) is 24.7. The Morgan fingerprint density at radius 3 is 3.09 bits per heavy atom. The Morgan fingerprint density at radius 2 is 2.30 bits per heavy atom. The number of allylic oxidation sites excluding steroid dienone is 2. The summed E-state index contributed by atoms with van der Waals surface area (Å²) in [6.07, 6.45) is 5.83. The van der Waals surface area contributed by atoms with E-state index in [-0.39, 0.29) is 0 Å². The van der Waals surface area contributed by atoms with E-state index in [4.69, 9.17) is 4.74 Å². The number of benzene rings is 1. The van der Waals surface area contributed by atoms with Crippen molar-refractivity contribution in [3.63, 3.8) is 0 Å². The van der Waals surface area contributed by atoms with Gasteiger partial charge in [-0.3, -0.25) is 0 Å². The van der Waals surface area contributed by atoms with E-state index in [0.717, 1.165) is 17.7 Å². The lowest BCUT2D eigenvalue weighted by atomic mass is 9.79. The Hall–Kier alpha value is -2.00. The van der Waals surface area contributed by atoms with Gasteiger partial charge in [0.05, 0.1) is 6.04 Å². The van der Waals surface area contributed by atoms with Crippen LogP contribution in [-0.4, -0.2) is 6.61 Å². The number of thiophene rings is 1. The molecule has 1 aliphatic carbocycles. The van der Waals surface area contributed by atoms with Gasteiger partial charge < -0.3 is 10.1 Å². The van der Waals surface area contributed by atoms with E-state index < -0.39 is 0 Å². The first-order valence-electron chi connectivity index (χ1n) is 8.10.